The molecule has 4 N–H and O–H groups in total. The third-order valence-electron chi connectivity index (χ3n) is 1.92. The Bertz CT molecular complexity index is 373. The van der Waals surface area contributed by atoms with Crippen LogP contribution in [0.1, 0.15) is 5.56 Å². The second-order valence-corrected chi connectivity index (χ2v) is 4.53. The molecule has 16 heavy (non-hydrogen) atoms. The number of hydrogen-bond donors (Lipinski definition) is 3. The lowest BCUT2D eigenvalue weighted by molar-refractivity contribution is 0.249. The first kappa shape index (κ1) is 13.3. The SMILES string of the molecule is NC(=O)NCCNCc1cc(Br)ccc1Cl. The van der Waals surface area contributed by atoms with Crippen LogP contribution in [-0.2, 0) is 6.54 Å². The minimum absolute atomic E-state index is 0.501. The van der Waals surface area contributed by atoms with Crippen LogP contribution < -0.4 is 16.4 Å². The summed E-state index contributed by atoms with van der Waals surface area (Å²) in [4.78, 5) is 10.4. The van der Waals surface area contributed by atoms with Crippen molar-refractivity contribution in [1.82, 2.24) is 10.6 Å². The first-order chi connectivity index (χ1) is 7.59. The van der Waals surface area contributed by atoms with Gasteiger partial charge in [-0.15, -0.1) is 0 Å². The summed E-state index contributed by atoms with van der Waals surface area (Å²) in [6, 6.07) is 5.17. The molecular formula is C10H13BrClN3O. The van der Waals surface area contributed by atoms with E-state index < -0.39 is 6.03 Å². The molecular weight excluding hydrogens is 293 g/mol. The van der Waals surface area contributed by atoms with Gasteiger partial charge in [-0.2, -0.15) is 0 Å². The van der Waals surface area contributed by atoms with Gasteiger partial charge in [-0.1, -0.05) is 27.5 Å². The van der Waals surface area contributed by atoms with Crippen molar-refractivity contribution in [1.29, 1.82) is 0 Å². The van der Waals surface area contributed by atoms with E-state index in [0.29, 0.717) is 19.6 Å². The number of urea groups is 1. The molecule has 2 amide bonds. The van der Waals surface area contributed by atoms with Gasteiger partial charge >= 0.3 is 6.03 Å². The highest BCUT2D eigenvalue weighted by atomic mass is 79.9. The van der Waals surface area contributed by atoms with Crippen LogP contribution in [-0.4, -0.2) is 19.1 Å². The summed E-state index contributed by atoms with van der Waals surface area (Å²) in [6.45, 7) is 1.80. The number of hydrogen-bond acceptors (Lipinski definition) is 2. The maximum atomic E-state index is 10.4. The summed E-state index contributed by atoms with van der Waals surface area (Å²) in [5.74, 6) is 0. The molecule has 0 spiro atoms. The van der Waals surface area contributed by atoms with E-state index in [0.717, 1.165) is 15.1 Å². The minimum atomic E-state index is -0.512. The molecule has 0 radical (unpaired) electrons. The van der Waals surface area contributed by atoms with E-state index in [4.69, 9.17) is 17.3 Å². The standard InChI is InChI=1S/C10H13BrClN3O/c11-8-1-2-9(12)7(5-8)6-14-3-4-15-10(13)16/h1-2,5,14H,3-4,6H2,(H3,13,15,16). The Morgan fingerprint density at radius 1 is 1.44 bits per heavy atom. The van der Waals surface area contributed by atoms with Crippen molar-refractivity contribution in [3.05, 3.63) is 33.3 Å². The molecule has 88 valence electrons. The molecule has 1 aromatic carbocycles. The van der Waals surface area contributed by atoms with Crippen molar-refractivity contribution in [2.75, 3.05) is 13.1 Å². The maximum absolute atomic E-state index is 10.4. The third-order valence-corrected chi connectivity index (χ3v) is 2.79. The molecule has 6 heteroatoms. The van der Waals surface area contributed by atoms with E-state index in [9.17, 15) is 4.79 Å². The predicted molar refractivity (Wildman–Crippen MR) is 68.4 cm³/mol. The van der Waals surface area contributed by atoms with Crippen molar-refractivity contribution < 1.29 is 4.79 Å². The Hall–Kier alpha value is -0.780. The summed E-state index contributed by atoms with van der Waals surface area (Å²) in [5.41, 5.74) is 5.93. The van der Waals surface area contributed by atoms with E-state index in [2.05, 4.69) is 26.6 Å². The largest absolute Gasteiger partial charge is 0.352 e. The number of benzene rings is 1. The Balaban J connectivity index is 2.31. The average molecular weight is 307 g/mol. The zero-order chi connectivity index (χ0) is 12.0. The highest BCUT2D eigenvalue weighted by Crippen LogP contribution is 2.20. The van der Waals surface area contributed by atoms with E-state index in [1.165, 1.54) is 0 Å². The average Bonchev–Trinajstić information content (AvgIpc) is 2.22. The normalized spacial score (nSPS) is 10.1. The Morgan fingerprint density at radius 2 is 2.19 bits per heavy atom. The number of amides is 2. The lowest BCUT2D eigenvalue weighted by Crippen LogP contribution is -2.35. The van der Waals surface area contributed by atoms with Crippen LogP contribution in [0.2, 0.25) is 5.02 Å². The van der Waals surface area contributed by atoms with E-state index in [-0.39, 0.29) is 0 Å². The number of carbonyl (C=O) groups excluding carboxylic acids is 1. The number of nitrogens with one attached hydrogen (secondary N) is 2. The van der Waals surface area contributed by atoms with Gasteiger partial charge in [-0.05, 0) is 23.8 Å². The van der Waals surface area contributed by atoms with Crippen molar-refractivity contribution in [3.63, 3.8) is 0 Å². The van der Waals surface area contributed by atoms with E-state index in [1.54, 1.807) is 0 Å². The second kappa shape index (κ2) is 6.73. The molecule has 0 fully saturated rings. The highest BCUT2D eigenvalue weighted by molar-refractivity contribution is 9.10. The summed E-state index contributed by atoms with van der Waals surface area (Å²) < 4.78 is 0.990. The molecule has 0 atom stereocenters. The van der Waals surface area contributed by atoms with Crippen molar-refractivity contribution in [2.45, 2.75) is 6.54 Å². The monoisotopic (exact) mass is 305 g/mol. The minimum Gasteiger partial charge on any atom is -0.352 e. The molecule has 0 aliphatic rings. The fourth-order valence-corrected chi connectivity index (χ4v) is 1.77. The van der Waals surface area contributed by atoms with Gasteiger partial charge in [0.2, 0.25) is 0 Å². The number of primary amides is 1. The van der Waals surface area contributed by atoms with Crippen molar-refractivity contribution in [2.24, 2.45) is 5.73 Å². The topological polar surface area (TPSA) is 67.2 Å². The predicted octanol–water partition coefficient (Wildman–Crippen LogP) is 1.86. The number of halogens is 2. The van der Waals surface area contributed by atoms with Crippen LogP contribution >= 0.6 is 27.5 Å². The smallest absolute Gasteiger partial charge is 0.312 e. The van der Waals surface area contributed by atoms with Gasteiger partial charge in [-0.25, -0.2) is 4.79 Å². The molecule has 0 saturated heterocycles. The molecule has 0 bridgehead atoms. The molecule has 0 saturated carbocycles. The first-order valence-electron chi connectivity index (χ1n) is 4.77. The van der Waals surface area contributed by atoms with E-state index >= 15 is 0 Å². The molecule has 0 heterocycles. The fourth-order valence-electron chi connectivity index (χ4n) is 1.18. The number of rotatable bonds is 5. The molecule has 0 aromatic heterocycles. The lowest BCUT2D eigenvalue weighted by atomic mass is 10.2. The molecule has 0 unspecified atom stereocenters. The van der Waals surface area contributed by atoms with Crippen LogP contribution in [0.3, 0.4) is 0 Å². The van der Waals surface area contributed by atoms with Gasteiger partial charge in [0.1, 0.15) is 0 Å². The molecule has 0 aliphatic heterocycles. The summed E-state index contributed by atoms with van der Waals surface area (Å²) in [5, 5.41) is 6.36. The quantitative estimate of drug-likeness (QED) is 0.727. The van der Waals surface area contributed by atoms with Crippen molar-refractivity contribution in [3.8, 4) is 0 Å². The van der Waals surface area contributed by atoms with Gasteiger partial charge in [0.25, 0.3) is 0 Å². The number of carbonyl (C=O) groups is 1. The van der Waals surface area contributed by atoms with Crippen LogP contribution in [0, 0.1) is 0 Å². The van der Waals surface area contributed by atoms with Gasteiger partial charge < -0.3 is 16.4 Å². The van der Waals surface area contributed by atoms with Gasteiger partial charge in [-0.3, -0.25) is 0 Å². The maximum Gasteiger partial charge on any atom is 0.312 e. The Labute approximate surface area is 108 Å². The van der Waals surface area contributed by atoms with Crippen LogP contribution in [0.15, 0.2) is 22.7 Å². The summed E-state index contributed by atoms with van der Waals surface area (Å²) >= 11 is 9.39. The highest BCUT2D eigenvalue weighted by Gasteiger charge is 2.00. The lowest BCUT2D eigenvalue weighted by Gasteiger charge is -2.07. The third kappa shape index (κ3) is 4.83. The molecule has 0 aliphatic carbocycles. The summed E-state index contributed by atoms with van der Waals surface area (Å²) in [6.07, 6.45) is 0. The van der Waals surface area contributed by atoms with Gasteiger partial charge in [0.15, 0.2) is 0 Å². The zero-order valence-electron chi connectivity index (χ0n) is 8.59. The summed E-state index contributed by atoms with van der Waals surface area (Å²) in [7, 11) is 0. The van der Waals surface area contributed by atoms with Gasteiger partial charge in [0, 0.05) is 29.1 Å². The van der Waals surface area contributed by atoms with Crippen molar-refractivity contribution >= 4 is 33.6 Å². The Kier molecular flexibility index (Phi) is 5.59. The molecule has 1 aromatic rings. The first-order valence-corrected chi connectivity index (χ1v) is 5.94. The van der Waals surface area contributed by atoms with Gasteiger partial charge in [0.05, 0.1) is 0 Å². The fraction of sp³-hybridized carbons (Fsp3) is 0.300. The van der Waals surface area contributed by atoms with Crippen LogP contribution in [0.25, 0.3) is 0 Å². The van der Waals surface area contributed by atoms with E-state index in [1.807, 2.05) is 18.2 Å². The molecule has 1 rings (SSSR count). The zero-order valence-corrected chi connectivity index (χ0v) is 10.9. The molecule has 4 nitrogen and oxygen atoms in total. The Morgan fingerprint density at radius 3 is 2.88 bits per heavy atom. The van der Waals surface area contributed by atoms with Crippen LogP contribution in [0.4, 0.5) is 4.79 Å². The van der Waals surface area contributed by atoms with Crippen LogP contribution in [0.5, 0.6) is 0 Å². The number of nitrogens with two attached hydrogens (primary N) is 1. The second-order valence-electron chi connectivity index (χ2n) is 3.20.